The molecule has 1 heterocycles. The van der Waals surface area contributed by atoms with E-state index in [0.29, 0.717) is 25.3 Å². The molecule has 0 spiro atoms. The number of rotatable bonds is 12. The Bertz CT molecular complexity index is 1200. The van der Waals surface area contributed by atoms with Crippen LogP contribution < -0.4 is 0 Å². The van der Waals surface area contributed by atoms with Crippen molar-refractivity contribution in [3.8, 4) is 11.1 Å². The van der Waals surface area contributed by atoms with E-state index in [1.807, 2.05) is 24.3 Å². The average molecular weight is 530 g/mol. The second-order valence-corrected chi connectivity index (χ2v) is 11.4. The van der Waals surface area contributed by atoms with Gasteiger partial charge in [-0.25, -0.2) is 4.79 Å². The molecule has 0 aromatic heterocycles. The zero-order valence-corrected chi connectivity index (χ0v) is 23.1. The van der Waals surface area contributed by atoms with Crippen molar-refractivity contribution in [2.24, 2.45) is 11.8 Å². The standard InChI is InChI=1S/C33H39NO5/c1-4-9-23(32(38-3)31(36)17-22-14-15-22)18-30(35)29-16-21(2)19-34(29)33(37)39-20-28-26-12-7-5-10-24(26)25-11-6-8-13-27(25)28/h5-8,10-13,22-23,28-29,32H,2,4,9,14-20H2,1,3H3/t23-,29+,32?/m1/s1. The summed E-state index contributed by atoms with van der Waals surface area (Å²) in [5, 5.41) is 0. The van der Waals surface area contributed by atoms with Gasteiger partial charge in [0.2, 0.25) is 0 Å². The van der Waals surface area contributed by atoms with Gasteiger partial charge in [0, 0.05) is 32.4 Å². The van der Waals surface area contributed by atoms with Gasteiger partial charge in [0.25, 0.3) is 0 Å². The first-order chi connectivity index (χ1) is 18.9. The van der Waals surface area contributed by atoms with Gasteiger partial charge in [-0.15, -0.1) is 0 Å². The van der Waals surface area contributed by atoms with Gasteiger partial charge in [-0.1, -0.05) is 74.0 Å². The number of nitrogens with zero attached hydrogens (tertiary/aromatic N) is 1. The summed E-state index contributed by atoms with van der Waals surface area (Å²) in [4.78, 5) is 41.4. The van der Waals surface area contributed by atoms with Crippen LogP contribution in [0.4, 0.5) is 4.79 Å². The lowest BCUT2D eigenvalue weighted by Gasteiger charge is -2.28. The van der Waals surface area contributed by atoms with Crippen LogP contribution in [0.1, 0.15) is 68.9 Å². The first-order valence-electron chi connectivity index (χ1n) is 14.3. The Morgan fingerprint density at radius 3 is 2.26 bits per heavy atom. The van der Waals surface area contributed by atoms with Gasteiger partial charge >= 0.3 is 6.09 Å². The minimum Gasteiger partial charge on any atom is -0.448 e. The number of fused-ring (bicyclic) bond motifs is 3. The molecule has 3 atom stereocenters. The maximum atomic E-state index is 13.6. The van der Waals surface area contributed by atoms with Gasteiger partial charge in [0.05, 0.1) is 6.04 Å². The smallest absolute Gasteiger partial charge is 0.410 e. The van der Waals surface area contributed by atoms with E-state index in [-0.39, 0.29) is 36.4 Å². The van der Waals surface area contributed by atoms with Crippen LogP contribution in [0.15, 0.2) is 60.7 Å². The summed E-state index contributed by atoms with van der Waals surface area (Å²) in [6, 6.07) is 15.8. The molecule has 1 saturated carbocycles. The van der Waals surface area contributed by atoms with Gasteiger partial charge in [0.1, 0.15) is 12.7 Å². The zero-order chi connectivity index (χ0) is 27.5. The van der Waals surface area contributed by atoms with Crippen LogP contribution in [0.2, 0.25) is 0 Å². The molecule has 1 unspecified atom stereocenters. The number of ether oxygens (including phenoxy) is 2. The van der Waals surface area contributed by atoms with E-state index in [1.54, 1.807) is 7.11 Å². The van der Waals surface area contributed by atoms with Crippen molar-refractivity contribution in [3.63, 3.8) is 0 Å². The third-order valence-corrected chi connectivity index (χ3v) is 8.50. The Hall–Kier alpha value is -3.25. The number of benzene rings is 2. The van der Waals surface area contributed by atoms with Crippen molar-refractivity contribution in [3.05, 3.63) is 71.8 Å². The summed E-state index contributed by atoms with van der Waals surface area (Å²) >= 11 is 0. The summed E-state index contributed by atoms with van der Waals surface area (Å²) in [6.07, 6.45) is 3.84. The van der Waals surface area contributed by atoms with Crippen LogP contribution in [0, 0.1) is 11.8 Å². The molecule has 2 aromatic rings. The maximum Gasteiger partial charge on any atom is 0.410 e. The number of carbonyl (C=O) groups excluding carboxylic acids is 3. The Morgan fingerprint density at radius 1 is 1.03 bits per heavy atom. The number of ketones is 2. The lowest BCUT2D eigenvalue weighted by molar-refractivity contribution is -0.134. The van der Waals surface area contributed by atoms with Crippen molar-refractivity contribution >= 4 is 17.7 Å². The first-order valence-corrected chi connectivity index (χ1v) is 14.3. The van der Waals surface area contributed by atoms with E-state index < -0.39 is 18.2 Å². The van der Waals surface area contributed by atoms with Crippen LogP contribution in [0.25, 0.3) is 11.1 Å². The molecular formula is C33H39NO5. The number of hydrogen-bond acceptors (Lipinski definition) is 5. The molecule has 0 bridgehead atoms. The Labute approximate surface area is 231 Å². The Kier molecular flexibility index (Phi) is 8.31. The van der Waals surface area contributed by atoms with Crippen LogP contribution in [0.5, 0.6) is 0 Å². The van der Waals surface area contributed by atoms with Gasteiger partial charge < -0.3 is 9.47 Å². The summed E-state index contributed by atoms with van der Waals surface area (Å²) in [5.41, 5.74) is 5.47. The monoisotopic (exact) mass is 529 g/mol. The minimum atomic E-state index is -0.622. The van der Waals surface area contributed by atoms with Gasteiger partial charge in [-0.05, 0) is 59.8 Å². The lowest BCUT2D eigenvalue weighted by Crippen LogP contribution is -2.43. The van der Waals surface area contributed by atoms with Gasteiger partial charge in [-0.3, -0.25) is 14.5 Å². The van der Waals surface area contributed by atoms with Gasteiger partial charge in [-0.2, -0.15) is 0 Å². The van der Waals surface area contributed by atoms with E-state index in [9.17, 15) is 14.4 Å². The number of Topliss-reactive ketones (excluding diaryl/α,β-unsaturated/α-hetero) is 2. The normalized spacial score (nSPS) is 19.9. The van der Waals surface area contributed by atoms with Crippen molar-refractivity contribution in [1.29, 1.82) is 0 Å². The van der Waals surface area contributed by atoms with Crippen LogP contribution in [-0.4, -0.2) is 55.0 Å². The second kappa shape index (κ2) is 11.9. The van der Waals surface area contributed by atoms with Crippen LogP contribution in [0.3, 0.4) is 0 Å². The topological polar surface area (TPSA) is 72.9 Å². The van der Waals surface area contributed by atoms with Crippen molar-refractivity contribution < 1.29 is 23.9 Å². The highest BCUT2D eigenvalue weighted by molar-refractivity contribution is 5.90. The SMILES string of the molecule is C=C1C[C@@H](C(=O)C[C@@H](CCC)C(OC)C(=O)CC2CC2)N(C(=O)OCC2c3ccccc3-c3ccccc32)C1. The molecule has 206 valence electrons. The van der Waals surface area contributed by atoms with Crippen LogP contribution >= 0.6 is 0 Å². The predicted octanol–water partition coefficient (Wildman–Crippen LogP) is 6.33. The van der Waals surface area contributed by atoms with E-state index in [0.717, 1.165) is 42.4 Å². The highest BCUT2D eigenvalue weighted by Crippen LogP contribution is 2.44. The second-order valence-electron chi connectivity index (χ2n) is 11.4. The van der Waals surface area contributed by atoms with Crippen LogP contribution in [-0.2, 0) is 19.1 Å². The fourth-order valence-electron chi connectivity index (χ4n) is 6.39. The third kappa shape index (κ3) is 5.86. The maximum absolute atomic E-state index is 13.6. The molecule has 39 heavy (non-hydrogen) atoms. The zero-order valence-electron chi connectivity index (χ0n) is 23.1. The highest BCUT2D eigenvalue weighted by Gasteiger charge is 2.40. The largest absolute Gasteiger partial charge is 0.448 e. The summed E-state index contributed by atoms with van der Waals surface area (Å²) < 4.78 is 11.5. The molecule has 1 aliphatic heterocycles. The number of likely N-dealkylation sites (tertiary alicyclic amines) is 1. The first kappa shape index (κ1) is 27.3. The fraction of sp³-hybridized carbons (Fsp3) is 0.485. The fourth-order valence-corrected chi connectivity index (χ4v) is 6.39. The van der Waals surface area contributed by atoms with E-state index in [2.05, 4.69) is 37.8 Å². The summed E-state index contributed by atoms with van der Waals surface area (Å²) in [6.45, 7) is 6.63. The number of amides is 1. The third-order valence-electron chi connectivity index (χ3n) is 8.50. The molecule has 6 nitrogen and oxygen atoms in total. The molecule has 5 rings (SSSR count). The predicted molar refractivity (Wildman–Crippen MR) is 150 cm³/mol. The highest BCUT2D eigenvalue weighted by atomic mass is 16.6. The number of carbonyl (C=O) groups is 3. The van der Waals surface area contributed by atoms with E-state index in [4.69, 9.17) is 9.47 Å². The number of hydrogen-bond donors (Lipinski definition) is 0. The molecule has 6 heteroatoms. The summed E-state index contributed by atoms with van der Waals surface area (Å²) in [7, 11) is 1.56. The molecule has 2 aliphatic carbocycles. The minimum absolute atomic E-state index is 0.0461. The molecular weight excluding hydrogens is 490 g/mol. The summed E-state index contributed by atoms with van der Waals surface area (Å²) in [5.74, 6) is 0.264. The molecule has 2 aromatic carbocycles. The average Bonchev–Trinajstić information content (AvgIpc) is 3.57. The molecule has 0 radical (unpaired) electrons. The van der Waals surface area contributed by atoms with Crippen molar-refractivity contribution in [2.45, 2.75) is 69.9 Å². The molecule has 1 saturated heterocycles. The van der Waals surface area contributed by atoms with Gasteiger partial charge in [0.15, 0.2) is 11.6 Å². The molecule has 1 amide bonds. The van der Waals surface area contributed by atoms with E-state index in [1.165, 1.54) is 16.0 Å². The Balaban J connectivity index is 1.26. The molecule has 0 N–H and O–H groups in total. The molecule has 3 aliphatic rings. The number of methoxy groups -OCH3 is 1. The molecule has 2 fully saturated rings. The Morgan fingerprint density at radius 2 is 1.67 bits per heavy atom. The lowest BCUT2D eigenvalue weighted by atomic mass is 9.86. The van der Waals surface area contributed by atoms with Crippen molar-refractivity contribution in [1.82, 2.24) is 4.90 Å². The van der Waals surface area contributed by atoms with E-state index >= 15 is 0 Å². The van der Waals surface area contributed by atoms with Crippen molar-refractivity contribution in [2.75, 3.05) is 20.3 Å². The quantitative estimate of drug-likeness (QED) is 0.301.